The number of aliphatic hydroxyl groups is 3. The van der Waals surface area contributed by atoms with Crippen LogP contribution in [0.3, 0.4) is 0 Å². The van der Waals surface area contributed by atoms with Crippen LogP contribution < -0.4 is 0 Å². The van der Waals surface area contributed by atoms with Crippen LogP contribution in [0, 0.1) is 0 Å². The van der Waals surface area contributed by atoms with Crippen LogP contribution in [0.25, 0.3) is 0 Å². The van der Waals surface area contributed by atoms with Gasteiger partial charge in [0.1, 0.15) is 0 Å². The second-order valence-electron chi connectivity index (χ2n) is 6.17. The molecule has 0 unspecified atom stereocenters. The molecule has 0 saturated heterocycles. The number of allylic oxidation sites excluding steroid dienone is 5. The molecule has 3 N–H and O–H groups in total. The summed E-state index contributed by atoms with van der Waals surface area (Å²) in [5, 5.41) is 27.6. The third-order valence-corrected chi connectivity index (χ3v) is 3.73. The first-order chi connectivity index (χ1) is 11.0. The standard InChI is InChI=1S/C20H34O3/c1-17(2)7-4-9-19(15-22)11-6-12-20(16-23)10-5-8-18(3)13-14-21/h7,10-11,13,21-23H,4-6,8-9,12,14-16H2,1-3H3. The minimum Gasteiger partial charge on any atom is -0.392 e. The molecule has 0 aliphatic heterocycles. The van der Waals surface area contributed by atoms with Crippen LogP contribution in [0.5, 0.6) is 0 Å². The van der Waals surface area contributed by atoms with Crippen molar-refractivity contribution in [2.24, 2.45) is 0 Å². The van der Waals surface area contributed by atoms with E-state index < -0.39 is 0 Å². The van der Waals surface area contributed by atoms with Gasteiger partial charge in [0, 0.05) is 0 Å². The Hall–Kier alpha value is -1.16. The lowest BCUT2D eigenvalue weighted by Gasteiger charge is -2.05. The molecule has 0 aromatic carbocycles. The Morgan fingerprint density at radius 2 is 1.13 bits per heavy atom. The minimum atomic E-state index is 0.0861. The molecule has 0 aliphatic rings. The normalized spacial score (nSPS) is 13.4. The van der Waals surface area contributed by atoms with Gasteiger partial charge in [-0.1, -0.05) is 35.5 Å². The summed E-state index contributed by atoms with van der Waals surface area (Å²) in [6, 6.07) is 0. The van der Waals surface area contributed by atoms with E-state index in [1.54, 1.807) is 0 Å². The van der Waals surface area contributed by atoms with Crippen molar-refractivity contribution in [2.45, 2.75) is 59.3 Å². The van der Waals surface area contributed by atoms with Crippen LogP contribution in [0.4, 0.5) is 0 Å². The fourth-order valence-corrected chi connectivity index (χ4v) is 2.26. The maximum atomic E-state index is 9.42. The fourth-order valence-electron chi connectivity index (χ4n) is 2.26. The van der Waals surface area contributed by atoms with Crippen LogP contribution in [-0.2, 0) is 0 Å². The van der Waals surface area contributed by atoms with Crippen molar-refractivity contribution < 1.29 is 15.3 Å². The van der Waals surface area contributed by atoms with Gasteiger partial charge in [0.15, 0.2) is 0 Å². The van der Waals surface area contributed by atoms with Crippen LogP contribution in [-0.4, -0.2) is 35.1 Å². The van der Waals surface area contributed by atoms with E-state index in [0.29, 0.717) is 0 Å². The molecule has 0 atom stereocenters. The second kappa shape index (κ2) is 14.4. The SMILES string of the molecule is CC(C)=CCCC(=CCCC(=CCCC(C)=CCO)CO)CO. The largest absolute Gasteiger partial charge is 0.392 e. The summed E-state index contributed by atoms with van der Waals surface area (Å²) in [7, 11) is 0. The Kier molecular flexibility index (Phi) is 13.7. The van der Waals surface area contributed by atoms with E-state index >= 15 is 0 Å². The summed E-state index contributed by atoms with van der Waals surface area (Å²) in [6.45, 7) is 6.45. The quantitative estimate of drug-likeness (QED) is 0.475. The molecular formula is C20H34O3. The summed E-state index contributed by atoms with van der Waals surface area (Å²) >= 11 is 0. The molecule has 132 valence electrons. The van der Waals surface area contributed by atoms with Crippen molar-refractivity contribution in [1.82, 2.24) is 0 Å². The average molecular weight is 322 g/mol. The highest BCUT2D eigenvalue weighted by Crippen LogP contribution is 2.13. The predicted octanol–water partition coefficient (Wildman–Crippen LogP) is 4.07. The van der Waals surface area contributed by atoms with E-state index in [9.17, 15) is 10.2 Å². The first-order valence-electron chi connectivity index (χ1n) is 8.50. The zero-order chi connectivity index (χ0) is 17.5. The van der Waals surface area contributed by atoms with Gasteiger partial charge in [-0.3, -0.25) is 0 Å². The van der Waals surface area contributed by atoms with Gasteiger partial charge in [-0.2, -0.15) is 0 Å². The van der Waals surface area contributed by atoms with Crippen molar-refractivity contribution in [3.63, 3.8) is 0 Å². The van der Waals surface area contributed by atoms with Crippen molar-refractivity contribution in [1.29, 1.82) is 0 Å². The molecule has 0 bridgehead atoms. The van der Waals surface area contributed by atoms with E-state index in [4.69, 9.17) is 5.11 Å². The first kappa shape index (κ1) is 21.8. The molecule has 0 amide bonds. The Morgan fingerprint density at radius 3 is 1.57 bits per heavy atom. The van der Waals surface area contributed by atoms with Crippen molar-refractivity contribution in [3.05, 3.63) is 46.6 Å². The third-order valence-electron chi connectivity index (χ3n) is 3.73. The average Bonchev–Trinajstić information content (AvgIpc) is 2.51. The third kappa shape index (κ3) is 13.0. The lowest BCUT2D eigenvalue weighted by molar-refractivity contribution is 0.324. The van der Waals surface area contributed by atoms with Crippen molar-refractivity contribution >= 4 is 0 Å². The zero-order valence-corrected chi connectivity index (χ0v) is 15.0. The molecule has 0 rings (SSSR count). The molecule has 0 fully saturated rings. The Labute approximate surface area is 141 Å². The van der Waals surface area contributed by atoms with E-state index in [0.717, 1.165) is 49.7 Å². The van der Waals surface area contributed by atoms with Crippen molar-refractivity contribution in [2.75, 3.05) is 19.8 Å². The van der Waals surface area contributed by atoms with E-state index in [1.807, 2.05) is 13.0 Å². The Bertz CT molecular complexity index is 424. The predicted molar refractivity (Wildman–Crippen MR) is 98.3 cm³/mol. The van der Waals surface area contributed by atoms with Crippen LogP contribution in [0.15, 0.2) is 46.6 Å². The molecule has 0 aromatic rings. The highest BCUT2D eigenvalue weighted by molar-refractivity contribution is 5.10. The summed E-state index contributed by atoms with van der Waals surface area (Å²) in [4.78, 5) is 0. The lowest BCUT2D eigenvalue weighted by atomic mass is 10.0. The lowest BCUT2D eigenvalue weighted by Crippen LogP contribution is -1.94. The van der Waals surface area contributed by atoms with Gasteiger partial charge < -0.3 is 15.3 Å². The van der Waals surface area contributed by atoms with E-state index in [2.05, 4.69) is 32.1 Å². The molecule has 3 heteroatoms. The fraction of sp³-hybridized carbons (Fsp3) is 0.600. The Balaban J connectivity index is 4.28. The highest BCUT2D eigenvalue weighted by atomic mass is 16.3. The zero-order valence-electron chi connectivity index (χ0n) is 15.0. The molecule has 0 radical (unpaired) electrons. The molecule has 0 spiro atoms. The first-order valence-corrected chi connectivity index (χ1v) is 8.50. The van der Waals surface area contributed by atoms with Crippen molar-refractivity contribution in [3.8, 4) is 0 Å². The summed E-state index contributed by atoms with van der Waals surface area (Å²) < 4.78 is 0. The summed E-state index contributed by atoms with van der Waals surface area (Å²) in [6.07, 6.45) is 13.5. The molecule has 0 aliphatic carbocycles. The van der Waals surface area contributed by atoms with E-state index in [1.165, 1.54) is 11.1 Å². The minimum absolute atomic E-state index is 0.0861. The van der Waals surface area contributed by atoms with Crippen LogP contribution in [0.1, 0.15) is 59.3 Å². The van der Waals surface area contributed by atoms with Gasteiger partial charge in [-0.15, -0.1) is 0 Å². The van der Waals surface area contributed by atoms with Gasteiger partial charge in [0.25, 0.3) is 0 Å². The van der Waals surface area contributed by atoms with Gasteiger partial charge >= 0.3 is 0 Å². The molecule has 3 nitrogen and oxygen atoms in total. The molecule has 0 heterocycles. The smallest absolute Gasteiger partial charge is 0.0641 e. The molecular weight excluding hydrogens is 288 g/mol. The number of aliphatic hydroxyl groups excluding tert-OH is 3. The summed E-state index contributed by atoms with van der Waals surface area (Å²) in [5.74, 6) is 0. The molecule has 23 heavy (non-hydrogen) atoms. The van der Waals surface area contributed by atoms with Crippen LogP contribution in [0.2, 0.25) is 0 Å². The number of hydrogen-bond donors (Lipinski definition) is 3. The van der Waals surface area contributed by atoms with Gasteiger partial charge in [-0.05, 0) is 70.4 Å². The second-order valence-corrected chi connectivity index (χ2v) is 6.17. The molecule has 0 aromatic heterocycles. The molecule has 0 saturated carbocycles. The van der Waals surface area contributed by atoms with Gasteiger partial charge in [-0.25, -0.2) is 0 Å². The van der Waals surface area contributed by atoms with Gasteiger partial charge in [0.2, 0.25) is 0 Å². The summed E-state index contributed by atoms with van der Waals surface area (Å²) in [5.41, 5.74) is 4.59. The highest BCUT2D eigenvalue weighted by Gasteiger charge is 1.98. The topological polar surface area (TPSA) is 60.7 Å². The Morgan fingerprint density at radius 1 is 0.652 bits per heavy atom. The maximum absolute atomic E-state index is 9.42. The number of rotatable bonds is 12. The monoisotopic (exact) mass is 322 g/mol. The van der Waals surface area contributed by atoms with Crippen LogP contribution >= 0.6 is 0 Å². The number of hydrogen-bond acceptors (Lipinski definition) is 3. The van der Waals surface area contributed by atoms with E-state index in [-0.39, 0.29) is 19.8 Å². The van der Waals surface area contributed by atoms with Gasteiger partial charge in [0.05, 0.1) is 19.8 Å². The maximum Gasteiger partial charge on any atom is 0.0641 e.